The van der Waals surface area contributed by atoms with Crippen LogP contribution in [-0.4, -0.2) is 74.0 Å². The van der Waals surface area contributed by atoms with Gasteiger partial charge in [0.2, 0.25) is 17.7 Å². The molecule has 8 nitrogen and oxygen atoms in total. The van der Waals surface area contributed by atoms with E-state index in [0.29, 0.717) is 18.8 Å². The van der Waals surface area contributed by atoms with Crippen LogP contribution in [0.1, 0.15) is 17.5 Å². The molecule has 0 spiro atoms. The Labute approximate surface area is 200 Å². The molecule has 0 radical (unpaired) electrons. The van der Waals surface area contributed by atoms with Crippen LogP contribution >= 0.6 is 0 Å². The van der Waals surface area contributed by atoms with E-state index in [0.717, 1.165) is 43.1 Å². The molecule has 2 heterocycles. The fourth-order valence-corrected chi connectivity index (χ4v) is 4.39. The largest absolute Gasteiger partial charge is 0.378 e. The minimum Gasteiger partial charge on any atom is -0.378 e. The molecule has 1 unspecified atom stereocenters. The third-order valence-corrected chi connectivity index (χ3v) is 6.34. The number of hydrogen-bond acceptors (Lipinski definition) is 5. The van der Waals surface area contributed by atoms with Crippen molar-refractivity contribution in [2.24, 2.45) is 5.92 Å². The molecule has 0 saturated carbocycles. The molecule has 3 amide bonds. The van der Waals surface area contributed by atoms with E-state index >= 15 is 0 Å². The van der Waals surface area contributed by atoms with Crippen molar-refractivity contribution in [3.63, 3.8) is 0 Å². The molecule has 2 aromatic rings. The number of hydrogen-bond donors (Lipinski definition) is 1. The number of nitrogens with one attached hydrogen (secondary N) is 1. The summed E-state index contributed by atoms with van der Waals surface area (Å²) < 4.78 is 5.38. The summed E-state index contributed by atoms with van der Waals surface area (Å²) >= 11 is 0. The first kappa shape index (κ1) is 23.8. The fraction of sp³-hybridized carbons (Fsp3) is 0.423. The average Bonchev–Trinajstić information content (AvgIpc) is 3.21. The number of nitrogens with zero attached hydrogens (tertiary/aromatic N) is 3. The monoisotopic (exact) mass is 464 g/mol. The Morgan fingerprint density at radius 2 is 1.74 bits per heavy atom. The lowest BCUT2D eigenvalue weighted by Crippen LogP contribution is -2.39. The molecular weight excluding hydrogens is 432 g/mol. The lowest BCUT2D eigenvalue weighted by Gasteiger charge is -2.29. The van der Waals surface area contributed by atoms with Gasteiger partial charge in [-0.15, -0.1) is 0 Å². The Kier molecular flexibility index (Phi) is 7.47. The van der Waals surface area contributed by atoms with Crippen LogP contribution in [0, 0.1) is 12.8 Å². The van der Waals surface area contributed by atoms with Gasteiger partial charge in [-0.2, -0.15) is 0 Å². The molecule has 0 aromatic heterocycles. The number of rotatable bonds is 7. The number of amides is 3. The maximum absolute atomic E-state index is 12.9. The summed E-state index contributed by atoms with van der Waals surface area (Å²) in [6, 6.07) is 15.7. The van der Waals surface area contributed by atoms with Crippen molar-refractivity contribution in [2.45, 2.75) is 19.9 Å². The standard InChI is InChI=1S/C26H32N4O4/c1-19-3-5-20(6-4-19)16-30-17-21(15-25(30)32)26(33)28(2)18-24(31)27-22-7-9-23(10-8-22)29-11-13-34-14-12-29/h3-10,21H,11-18H2,1-2H3,(H,27,31). The Bertz CT molecular complexity index is 1020. The smallest absolute Gasteiger partial charge is 0.243 e. The molecule has 4 rings (SSSR count). The lowest BCUT2D eigenvalue weighted by molar-refractivity contribution is -0.137. The first-order chi connectivity index (χ1) is 16.4. The summed E-state index contributed by atoms with van der Waals surface area (Å²) in [5.74, 6) is -0.908. The Hall–Kier alpha value is -3.39. The highest BCUT2D eigenvalue weighted by atomic mass is 16.5. The molecule has 180 valence electrons. The number of benzene rings is 2. The second kappa shape index (κ2) is 10.7. The number of carbonyl (C=O) groups excluding carboxylic acids is 3. The zero-order valence-electron chi connectivity index (χ0n) is 19.8. The van der Waals surface area contributed by atoms with Gasteiger partial charge in [-0.3, -0.25) is 14.4 Å². The van der Waals surface area contributed by atoms with Gasteiger partial charge in [-0.25, -0.2) is 0 Å². The van der Waals surface area contributed by atoms with E-state index in [9.17, 15) is 14.4 Å². The third kappa shape index (κ3) is 5.94. The summed E-state index contributed by atoms with van der Waals surface area (Å²) in [4.78, 5) is 43.2. The molecule has 1 N–H and O–H groups in total. The van der Waals surface area contributed by atoms with Gasteiger partial charge in [0, 0.05) is 51.0 Å². The number of likely N-dealkylation sites (tertiary alicyclic amines) is 1. The van der Waals surface area contributed by atoms with Gasteiger partial charge in [0.15, 0.2) is 0 Å². The molecule has 8 heteroatoms. The second-order valence-corrected chi connectivity index (χ2v) is 9.05. The van der Waals surface area contributed by atoms with E-state index in [-0.39, 0.29) is 30.7 Å². The minimum atomic E-state index is -0.427. The van der Waals surface area contributed by atoms with Crippen molar-refractivity contribution < 1.29 is 19.1 Å². The van der Waals surface area contributed by atoms with Gasteiger partial charge in [0.05, 0.1) is 25.7 Å². The van der Waals surface area contributed by atoms with E-state index in [1.54, 1.807) is 11.9 Å². The number of carbonyl (C=O) groups is 3. The molecule has 34 heavy (non-hydrogen) atoms. The number of likely N-dealkylation sites (N-methyl/N-ethyl adjacent to an activating group) is 1. The van der Waals surface area contributed by atoms with Crippen molar-refractivity contribution in [3.8, 4) is 0 Å². The van der Waals surface area contributed by atoms with Crippen molar-refractivity contribution >= 4 is 29.1 Å². The van der Waals surface area contributed by atoms with Crippen LogP contribution < -0.4 is 10.2 Å². The highest BCUT2D eigenvalue weighted by molar-refractivity contribution is 5.96. The molecule has 2 aromatic carbocycles. The van der Waals surface area contributed by atoms with Gasteiger partial charge in [0.25, 0.3) is 0 Å². The molecule has 1 atom stereocenters. The van der Waals surface area contributed by atoms with Crippen LogP contribution in [0.2, 0.25) is 0 Å². The van der Waals surface area contributed by atoms with Crippen LogP contribution in [0.4, 0.5) is 11.4 Å². The Morgan fingerprint density at radius 1 is 1.06 bits per heavy atom. The predicted octanol–water partition coefficient (Wildman–Crippen LogP) is 2.28. The summed E-state index contributed by atoms with van der Waals surface area (Å²) in [6.07, 6.45) is 0.180. The molecule has 2 saturated heterocycles. The van der Waals surface area contributed by atoms with E-state index in [2.05, 4.69) is 10.2 Å². The molecule has 0 aliphatic carbocycles. The van der Waals surface area contributed by atoms with Gasteiger partial charge < -0.3 is 24.8 Å². The molecule has 2 aliphatic rings. The van der Waals surface area contributed by atoms with Crippen LogP contribution in [0.15, 0.2) is 48.5 Å². The SMILES string of the molecule is Cc1ccc(CN2CC(C(=O)N(C)CC(=O)Nc3ccc(N4CCOCC4)cc3)CC2=O)cc1. The van der Waals surface area contributed by atoms with Crippen molar-refractivity contribution in [1.29, 1.82) is 0 Å². The maximum Gasteiger partial charge on any atom is 0.243 e. The highest BCUT2D eigenvalue weighted by Crippen LogP contribution is 2.23. The predicted molar refractivity (Wildman–Crippen MR) is 130 cm³/mol. The number of anilines is 2. The molecule has 0 bridgehead atoms. The van der Waals surface area contributed by atoms with Gasteiger partial charge >= 0.3 is 0 Å². The second-order valence-electron chi connectivity index (χ2n) is 9.05. The Balaban J connectivity index is 1.26. The van der Waals surface area contributed by atoms with Gasteiger partial charge in [-0.05, 0) is 36.8 Å². The summed E-state index contributed by atoms with van der Waals surface area (Å²) in [7, 11) is 1.61. The molecular formula is C26H32N4O4. The zero-order valence-corrected chi connectivity index (χ0v) is 19.8. The van der Waals surface area contributed by atoms with E-state index < -0.39 is 5.92 Å². The number of ether oxygens (including phenoxy) is 1. The fourth-order valence-electron chi connectivity index (χ4n) is 4.39. The zero-order chi connectivity index (χ0) is 24.1. The summed E-state index contributed by atoms with van der Waals surface area (Å²) in [5, 5.41) is 2.85. The van der Waals surface area contributed by atoms with Crippen LogP contribution in [0.25, 0.3) is 0 Å². The minimum absolute atomic E-state index is 0.0304. The van der Waals surface area contributed by atoms with Crippen molar-refractivity contribution in [1.82, 2.24) is 9.80 Å². The van der Waals surface area contributed by atoms with Crippen LogP contribution in [0.3, 0.4) is 0 Å². The highest BCUT2D eigenvalue weighted by Gasteiger charge is 2.36. The van der Waals surface area contributed by atoms with Gasteiger partial charge in [-0.1, -0.05) is 29.8 Å². The molecule has 2 aliphatic heterocycles. The maximum atomic E-state index is 12.9. The van der Waals surface area contributed by atoms with Gasteiger partial charge in [0.1, 0.15) is 0 Å². The number of aryl methyl sites for hydroxylation is 1. The van der Waals surface area contributed by atoms with E-state index in [4.69, 9.17) is 4.74 Å². The van der Waals surface area contributed by atoms with Crippen molar-refractivity contribution in [2.75, 3.05) is 56.7 Å². The van der Waals surface area contributed by atoms with Crippen LogP contribution in [-0.2, 0) is 25.7 Å². The van der Waals surface area contributed by atoms with E-state index in [1.807, 2.05) is 55.5 Å². The lowest BCUT2D eigenvalue weighted by atomic mass is 10.1. The van der Waals surface area contributed by atoms with E-state index in [1.165, 1.54) is 4.90 Å². The normalized spacial score (nSPS) is 18.2. The summed E-state index contributed by atoms with van der Waals surface area (Å²) in [5.41, 5.74) is 3.98. The topological polar surface area (TPSA) is 82.2 Å². The first-order valence-electron chi connectivity index (χ1n) is 11.7. The summed E-state index contributed by atoms with van der Waals surface area (Å²) in [6.45, 7) is 5.96. The van der Waals surface area contributed by atoms with Crippen LogP contribution in [0.5, 0.6) is 0 Å². The van der Waals surface area contributed by atoms with Crippen molar-refractivity contribution in [3.05, 3.63) is 59.7 Å². The quantitative estimate of drug-likeness (QED) is 0.680. The Morgan fingerprint density at radius 3 is 2.41 bits per heavy atom. The average molecular weight is 465 g/mol. The first-order valence-corrected chi connectivity index (χ1v) is 11.7. The number of morpholine rings is 1. The third-order valence-electron chi connectivity index (χ3n) is 6.34. The molecule has 2 fully saturated rings.